The predicted molar refractivity (Wildman–Crippen MR) is 130 cm³/mol. The van der Waals surface area contributed by atoms with E-state index in [4.69, 9.17) is 16.3 Å². The quantitative estimate of drug-likeness (QED) is 0.254. The number of nitro benzene ring substituents is 1. The first kappa shape index (κ1) is 25.7. The van der Waals surface area contributed by atoms with Gasteiger partial charge in [0.2, 0.25) is 5.91 Å². The Morgan fingerprint density at radius 2 is 1.77 bits per heavy atom. The van der Waals surface area contributed by atoms with Crippen molar-refractivity contribution in [3.8, 4) is 0 Å². The number of rotatable bonds is 9. The zero-order chi connectivity index (χ0) is 25.6. The molecule has 1 amide bonds. The van der Waals surface area contributed by atoms with Gasteiger partial charge in [-0.1, -0.05) is 35.9 Å². The summed E-state index contributed by atoms with van der Waals surface area (Å²) in [5.41, 5.74) is -0.0769. The highest BCUT2D eigenvalue weighted by Crippen LogP contribution is 2.27. The molecular weight excluding hydrogens is 498 g/mol. The van der Waals surface area contributed by atoms with E-state index >= 15 is 0 Å². The minimum atomic E-state index is -4.25. The molecule has 0 atom stereocenters. The van der Waals surface area contributed by atoms with Crippen LogP contribution in [0.1, 0.15) is 17.3 Å². The molecule has 3 aromatic carbocycles. The van der Waals surface area contributed by atoms with Gasteiger partial charge in [0.1, 0.15) is 6.54 Å². The maximum atomic E-state index is 13.3. The van der Waals surface area contributed by atoms with Crippen molar-refractivity contribution in [2.45, 2.75) is 11.8 Å². The zero-order valence-electron chi connectivity index (χ0n) is 18.4. The SMILES string of the molecule is CCOC(=O)c1ccc(NC(=O)CN(c2cccc([N+](=O)[O-])c2)S(=O)(=O)c2ccccc2)cc1Cl. The summed E-state index contributed by atoms with van der Waals surface area (Å²) in [4.78, 5) is 35.2. The third kappa shape index (κ3) is 6.14. The highest BCUT2D eigenvalue weighted by Gasteiger charge is 2.28. The molecule has 10 nitrogen and oxygen atoms in total. The number of hydrogen-bond donors (Lipinski definition) is 1. The summed E-state index contributed by atoms with van der Waals surface area (Å²) in [6.45, 7) is 1.13. The molecule has 35 heavy (non-hydrogen) atoms. The highest BCUT2D eigenvalue weighted by atomic mass is 35.5. The fourth-order valence-corrected chi connectivity index (χ4v) is 4.79. The highest BCUT2D eigenvalue weighted by molar-refractivity contribution is 7.92. The second-order valence-corrected chi connectivity index (χ2v) is 9.33. The average Bonchev–Trinajstić information content (AvgIpc) is 2.83. The molecule has 3 rings (SSSR count). The Hall–Kier alpha value is -3.96. The van der Waals surface area contributed by atoms with Gasteiger partial charge in [-0.05, 0) is 43.3 Å². The third-order valence-electron chi connectivity index (χ3n) is 4.70. The van der Waals surface area contributed by atoms with Gasteiger partial charge in [0.25, 0.3) is 15.7 Å². The standard InChI is InChI=1S/C23H20ClN3O7S/c1-2-34-23(29)20-12-11-16(13-21(20)24)25-22(28)15-26(17-7-6-8-18(14-17)27(30)31)35(32,33)19-9-4-3-5-10-19/h3-14H,2,15H2,1H3,(H,25,28). The van der Waals surface area contributed by atoms with Gasteiger partial charge in [0, 0.05) is 17.8 Å². The van der Waals surface area contributed by atoms with Crippen molar-refractivity contribution in [2.24, 2.45) is 0 Å². The predicted octanol–water partition coefficient (Wildman–Crippen LogP) is 4.26. The summed E-state index contributed by atoms with van der Waals surface area (Å²) >= 11 is 6.12. The molecule has 0 saturated carbocycles. The first-order valence-electron chi connectivity index (χ1n) is 10.2. The van der Waals surface area contributed by atoms with E-state index in [0.29, 0.717) is 0 Å². The molecule has 182 valence electrons. The Morgan fingerprint density at radius 1 is 1.06 bits per heavy atom. The van der Waals surface area contributed by atoms with Crippen LogP contribution in [0.4, 0.5) is 17.1 Å². The molecule has 0 aromatic heterocycles. The Balaban J connectivity index is 1.91. The van der Waals surface area contributed by atoms with Gasteiger partial charge in [0.05, 0.1) is 32.7 Å². The normalized spacial score (nSPS) is 10.9. The monoisotopic (exact) mass is 517 g/mol. The minimum absolute atomic E-state index is 0.0358. The number of ether oxygens (including phenoxy) is 1. The number of nitrogens with one attached hydrogen (secondary N) is 1. The number of carbonyl (C=O) groups is 2. The Labute approximate surface area is 206 Å². The lowest BCUT2D eigenvalue weighted by molar-refractivity contribution is -0.384. The first-order chi connectivity index (χ1) is 16.6. The van der Waals surface area contributed by atoms with Crippen LogP contribution in [0.25, 0.3) is 0 Å². The molecule has 0 aliphatic rings. The number of hydrogen-bond acceptors (Lipinski definition) is 7. The topological polar surface area (TPSA) is 136 Å². The van der Waals surface area contributed by atoms with Crippen LogP contribution in [-0.2, 0) is 19.6 Å². The van der Waals surface area contributed by atoms with Crippen molar-refractivity contribution < 1.29 is 27.7 Å². The third-order valence-corrected chi connectivity index (χ3v) is 6.80. The van der Waals surface area contributed by atoms with E-state index in [1.165, 1.54) is 60.7 Å². The molecular formula is C23H20ClN3O7S. The Kier molecular flexibility index (Phi) is 8.05. The molecule has 0 saturated heterocycles. The second kappa shape index (κ2) is 11.0. The van der Waals surface area contributed by atoms with Crippen molar-refractivity contribution in [2.75, 3.05) is 22.8 Å². The number of benzene rings is 3. The molecule has 0 unspecified atom stereocenters. The molecule has 3 aromatic rings. The van der Waals surface area contributed by atoms with Gasteiger partial charge in [-0.15, -0.1) is 0 Å². The Morgan fingerprint density at radius 3 is 2.40 bits per heavy atom. The molecule has 0 fully saturated rings. The van der Waals surface area contributed by atoms with E-state index in [0.717, 1.165) is 10.4 Å². The number of carbonyl (C=O) groups excluding carboxylic acids is 2. The molecule has 0 radical (unpaired) electrons. The van der Waals surface area contributed by atoms with E-state index in [1.807, 2.05) is 0 Å². The largest absolute Gasteiger partial charge is 0.462 e. The number of non-ortho nitro benzene ring substituents is 1. The van der Waals surface area contributed by atoms with Crippen molar-refractivity contribution >= 4 is 50.6 Å². The summed E-state index contributed by atoms with van der Waals surface area (Å²) in [6.07, 6.45) is 0. The summed E-state index contributed by atoms with van der Waals surface area (Å²) < 4.78 is 32.4. The van der Waals surface area contributed by atoms with Gasteiger partial charge >= 0.3 is 5.97 Å². The van der Waals surface area contributed by atoms with Crippen LogP contribution in [0.2, 0.25) is 5.02 Å². The van der Waals surface area contributed by atoms with Gasteiger partial charge in [-0.2, -0.15) is 0 Å². The number of esters is 1. The summed E-state index contributed by atoms with van der Waals surface area (Å²) in [5, 5.41) is 13.8. The van der Waals surface area contributed by atoms with E-state index in [1.54, 1.807) is 13.0 Å². The van der Waals surface area contributed by atoms with Crippen molar-refractivity contribution in [1.82, 2.24) is 0 Å². The van der Waals surface area contributed by atoms with Crippen molar-refractivity contribution in [3.63, 3.8) is 0 Å². The lowest BCUT2D eigenvalue weighted by Gasteiger charge is -2.24. The van der Waals surface area contributed by atoms with E-state index in [9.17, 15) is 28.1 Å². The maximum absolute atomic E-state index is 13.3. The first-order valence-corrected chi connectivity index (χ1v) is 12.0. The average molecular weight is 518 g/mol. The van der Waals surface area contributed by atoms with Crippen LogP contribution in [0.15, 0.2) is 77.7 Å². The van der Waals surface area contributed by atoms with Crippen molar-refractivity contribution in [1.29, 1.82) is 0 Å². The number of anilines is 2. The van der Waals surface area contributed by atoms with Crippen LogP contribution < -0.4 is 9.62 Å². The smallest absolute Gasteiger partial charge is 0.339 e. The van der Waals surface area contributed by atoms with E-state index in [-0.39, 0.29) is 39.2 Å². The van der Waals surface area contributed by atoms with Crippen LogP contribution in [0.5, 0.6) is 0 Å². The molecule has 0 aliphatic heterocycles. The fourth-order valence-electron chi connectivity index (χ4n) is 3.09. The molecule has 1 N–H and O–H groups in total. The number of nitrogens with zero attached hydrogens (tertiary/aromatic N) is 2. The second-order valence-electron chi connectivity index (χ2n) is 7.06. The van der Waals surface area contributed by atoms with Gasteiger partial charge in [-0.3, -0.25) is 19.2 Å². The lowest BCUT2D eigenvalue weighted by atomic mass is 10.2. The number of nitro groups is 1. The molecule has 12 heteroatoms. The van der Waals surface area contributed by atoms with Crippen LogP contribution in [0, 0.1) is 10.1 Å². The number of halogens is 1. The Bertz CT molecular complexity index is 1360. The molecule has 0 bridgehead atoms. The van der Waals surface area contributed by atoms with Crippen molar-refractivity contribution in [3.05, 3.63) is 93.5 Å². The molecule has 0 spiro atoms. The van der Waals surface area contributed by atoms with Gasteiger partial charge in [0.15, 0.2) is 0 Å². The van der Waals surface area contributed by atoms with E-state index < -0.39 is 33.4 Å². The summed E-state index contributed by atoms with van der Waals surface area (Å²) in [5.74, 6) is -1.36. The van der Waals surface area contributed by atoms with Crippen LogP contribution >= 0.6 is 11.6 Å². The number of amides is 1. The summed E-state index contributed by atoms with van der Waals surface area (Å²) in [6, 6.07) is 16.5. The molecule has 0 heterocycles. The van der Waals surface area contributed by atoms with E-state index in [2.05, 4.69) is 5.32 Å². The van der Waals surface area contributed by atoms with Crippen LogP contribution in [-0.4, -0.2) is 38.4 Å². The zero-order valence-corrected chi connectivity index (χ0v) is 20.0. The fraction of sp³-hybridized carbons (Fsp3) is 0.130. The minimum Gasteiger partial charge on any atom is -0.462 e. The van der Waals surface area contributed by atoms with Crippen LogP contribution in [0.3, 0.4) is 0 Å². The summed E-state index contributed by atoms with van der Waals surface area (Å²) in [7, 11) is -4.25. The van der Waals surface area contributed by atoms with Gasteiger partial charge in [-0.25, -0.2) is 13.2 Å². The lowest BCUT2D eigenvalue weighted by Crippen LogP contribution is -2.38. The molecule has 0 aliphatic carbocycles. The van der Waals surface area contributed by atoms with Gasteiger partial charge < -0.3 is 10.1 Å². The maximum Gasteiger partial charge on any atom is 0.339 e. The number of sulfonamides is 1.